The van der Waals surface area contributed by atoms with E-state index in [1.807, 2.05) is 38.1 Å². The molecule has 15 heavy (non-hydrogen) atoms. The van der Waals surface area contributed by atoms with Crippen molar-refractivity contribution in [3.05, 3.63) is 48.0 Å². The molecule has 1 aromatic rings. The zero-order valence-corrected chi connectivity index (χ0v) is 8.99. The molecule has 1 atom stereocenters. The Kier molecular flexibility index (Phi) is 2.14. The molecule has 0 radical (unpaired) electrons. The molecule has 1 aromatic carbocycles. The molecule has 0 spiro atoms. The van der Waals surface area contributed by atoms with Gasteiger partial charge in [0.25, 0.3) is 0 Å². The summed E-state index contributed by atoms with van der Waals surface area (Å²) >= 11 is 0. The van der Waals surface area contributed by atoms with Gasteiger partial charge in [-0.3, -0.25) is 0 Å². The minimum absolute atomic E-state index is 0.210. The number of carbonyl (C=O) groups excluding carboxylic acids is 1. The highest BCUT2D eigenvalue weighted by Crippen LogP contribution is 2.43. The Hall–Kier alpha value is -1.57. The first kappa shape index (κ1) is 9.97. The molecule has 1 unspecified atom stereocenters. The van der Waals surface area contributed by atoms with Crippen molar-refractivity contribution in [3.8, 4) is 0 Å². The monoisotopic (exact) mass is 202 g/mol. The number of ether oxygens (including phenoxy) is 1. The van der Waals surface area contributed by atoms with E-state index in [1.54, 1.807) is 6.07 Å². The number of rotatable bonds is 2. The van der Waals surface area contributed by atoms with Gasteiger partial charge in [0.15, 0.2) is 0 Å². The molecule has 0 fully saturated rings. The fourth-order valence-corrected chi connectivity index (χ4v) is 1.81. The summed E-state index contributed by atoms with van der Waals surface area (Å²) < 4.78 is 5.38. The van der Waals surface area contributed by atoms with Crippen LogP contribution in [0.1, 0.15) is 35.9 Å². The third-order valence-corrected chi connectivity index (χ3v) is 2.89. The van der Waals surface area contributed by atoms with Crippen LogP contribution in [0.25, 0.3) is 0 Å². The molecular formula is C13H14O2. The molecule has 2 heteroatoms. The van der Waals surface area contributed by atoms with Gasteiger partial charge >= 0.3 is 5.97 Å². The van der Waals surface area contributed by atoms with Crippen molar-refractivity contribution in [1.82, 2.24) is 0 Å². The quantitative estimate of drug-likeness (QED) is 0.544. The fraction of sp³-hybridized carbons (Fsp3) is 0.308. The Morgan fingerprint density at radius 3 is 2.73 bits per heavy atom. The summed E-state index contributed by atoms with van der Waals surface area (Å²) in [5.41, 5.74) is 1.41. The van der Waals surface area contributed by atoms with Crippen molar-refractivity contribution >= 4 is 5.97 Å². The van der Waals surface area contributed by atoms with Crippen LogP contribution >= 0.6 is 0 Å². The van der Waals surface area contributed by atoms with Crippen LogP contribution in [-0.2, 0) is 4.74 Å². The second kappa shape index (κ2) is 3.23. The standard InChI is InChI=1S/C13H14O2/c1-4-13(2,3)11-9-7-5-6-8-10(9)12(14)15-11/h4-8,11H,1H2,2-3H3. The predicted molar refractivity (Wildman–Crippen MR) is 58.6 cm³/mol. The summed E-state index contributed by atoms with van der Waals surface area (Å²) in [5, 5.41) is 0. The van der Waals surface area contributed by atoms with Gasteiger partial charge in [-0.1, -0.05) is 38.1 Å². The number of esters is 1. The molecule has 1 aliphatic rings. The number of carbonyl (C=O) groups is 1. The van der Waals surface area contributed by atoms with Crippen molar-refractivity contribution in [2.75, 3.05) is 0 Å². The van der Waals surface area contributed by atoms with E-state index in [0.717, 1.165) is 5.56 Å². The van der Waals surface area contributed by atoms with E-state index in [1.165, 1.54) is 0 Å². The van der Waals surface area contributed by atoms with Gasteiger partial charge < -0.3 is 4.74 Å². The van der Waals surface area contributed by atoms with Crippen LogP contribution in [0.3, 0.4) is 0 Å². The number of cyclic esters (lactones) is 1. The highest BCUT2D eigenvalue weighted by Gasteiger charge is 2.39. The Bertz CT molecular complexity index is 418. The molecule has 78 valence electrons. The van der Waals surface area contributed by atoms with Gasteiger partial charge in [0.05, 0.1) is 5.56 Å². The molecule has 0 saturated carbocycles. The molecule has 2 nitrogen and oxygen atoms in total. The minimum atomic E-state index is -0.234. The van der Waals surface area contributed by atoms with E-state index in [4.69, 9.17) is 4.74 Å². The van der Waals surface area contributed by atoms with E-state index >= 15 is 0 Å². The lowest BCUT2D eigenvalue weighted by atomic mass is 9.82. The molecule has 0 amide bonds. The Labute approximate surface area is 89.6 Å². The molecule has 0 N–H and O–H groups in total. The zero-order chi connectivity index (χ0) is 11.1. The van der Waals surface area contributed by atoms with Gasteiger partial charge in [0.1, 0.15) is 6.10 Å². The van der Waals surface area contributed by atoms with Crippen LogP contribution in [-0.4, -0.2) is 5.97 Å². The van der Waals surface area contributed by atoms with Gasteiger partial charge in [0, 0.05) is 11.0 Å². The Balaban J connectivity index is 2.49. The van der Waals surface area contributed by atoms with E-state index in [0.29, 0.717) is 5.56 Å². The summed E-state index contributed by atoms with van der Waals surface area (Å²) in [7, 11) is 0. The lowest BCUT2D eigenvalue weighted by molar-refractivity contribution is 0.0150. The number of hydrogen-bond acceptors (Lipinski definition) is 2. The SMILES string of the molecule is C=CC(C)(C)C1OC(=O)c2ccccc21. The first-order valence-electron chi connectivity index (χ1n) is 5.00. The van der Waals surface area contributed by atoms with Gasteiger partial charge in [-0.2, -0.15) is 0 Å². The average Bonchev–Trinajstić information content (AvgIpc) is 2.58. The summed E-state index contributed by atoms with van der Waals surface area (Å²) in [6.45, 7) is 7.81. The maximum Gasteiger partial charge on any atom is 0.339 e. The van der Waals surface area contributed by atoms with Crippen molar-refractivity contribution in [2.24, 2.45) is 5.41 Å². The normalized spacial score (nSPS) is 19.6. The van der Waals surface area contributed by atoms with Crippen LogP contribution in [0.5, 0.6) is 0 Å². The summed E-state index contributed by atoms with van der Waals surface area (Å²) in [4.78, 5) is 11.6. The van der Waals surface area contributed by atoms with Crippen LogP contribution in [0.2, 0.25) is 0 Å². The molecular weight excluding hydrogens is 188 g/mol. The van der Waals surface area contributed by atoms with Crippen LogP contribution in [0.4, 0.5) is 0 Å². The van der Waals surface area contributed by atoms with Gasteiger partial charge in [-0.25, -0.2) is 4.79 Å². The van der Waals surface area contributed by atoms with E-state index in [2.05, 4.69) is 6.58 Å². The Morgan fingerprint density at radius 1 is 1.40 bits per heavy atom. The average molecular weight is 202 g/mol. The molecule has 0 bridgehead atoms. The predicted octanol–water partition coefficient (Wildman–Crippen LogP) is 3.11. The van der Waals surface area contributed by atoms with Crippen LogP contribution in [0, 0.1) is 5.41 Å². The molecule has 0 aliphatic carbocycles. The molecule has 0 saturated heterocycles. The lowest BCUT2D eigenvalue weighted by Gasteiger charge is -2.26. The highest BCUT2D eigenvalue weighted by atomic mass is 16.5. The largest absolute Gasteiger partial charge is 0.453 e. The molecule has 0 aromatic heterocycles. The van der Waals surface area contributed by atoms with Crippen molar-refractivity contribution in [2.45, 2.75) is 20.0 Å². The molecule has 1 heterocycles. The first-order chi connectivity index (χ1) is 7.06. The summed E-state index contributed by atoms with van der Waals surface area (Å²) in [5.74, 6) is -0.231. The molecule has 1 aliphatic heterocycles. The number of benzene rings is 1. The van der Waals surface area contributed by atoms with Crippen molar-refractivity contribution in [1.29, 1.82) is 0 Å². The van der Waals surface area contributed by atoms with Crippen LogP contribution in [0.15, 0.2) is 36.9 Å². The smallest absolute Gasteiger partial charge is 0.339 e. The maximum atomic E-state index is 11.6. The summed E-state index contributed by atoms with van der Waals surface area (Å²) in [6, 6.07) is 7.52. The lowest BCUT2D eigenvalue weighted by Crippen LogP contribution is -2.19. The fourth-order valence-electron chi connectivity index (χ4n) is 1.81. The maximum absolute atomic E-state index is 11.6. The second-order valence-electron chi connectivity index (χ2n) is 4.40. The topological polar surface area (TPSA) is 26.3 Å². The second-order valence-corrected chi connectivity index (χ2v) is 4.40. The highest BCUT2D eigenvalue weighted by molar-refractivity contribution is 5.94. The van der Waals surface area contributed by atoms with E-state index in [-0.39, 0.29) is 17.5 Å². The number of fused-ring (bicyclic) bond motifs is 1. The molecule has 2 rings (SSSR count). The third kappa shape index (κ3) is 1.46. The van der Waals surface area contributed by atoms with Gasteiger partial charge in [0.2, 0.25) is 0 Å². The zero-order valence-electron chi connectivity index (χ0n) is 8.99. The van der Waals surface area contributed by atoms with Crippen LogP contribution < -0.4 is 0 Å². The van der Waals surface area contributed by atoms with E-state index in [9.17, 15) is 4.79 Å². The van der Waals surface area contributed by atoms with E-state index < -0.39 is 0 Å². The first-order valence-corrected chi connectivity index (χ1v) is 5.00. The minimum Gasteiger partial charge on any atom is -0.453 e. The van der Waals surface area contributed by atoms with Gasteiger partial charge in [-0.15, -0.1) is 6.58 Å². The van der Waals surface area contributed by atoms with Crippen molar-refractivity contribution in [3.63, 3.8) is 0 Å². The Morgan fingerprint density at radius 2 is 2.07 bits per heavy atom. The third-order valence-electron chi connectivity index (χ3n) is 2.89. The van der Waals surface area contributed by atoms with Crippen molar-refractivity contribution < 1.29 is 9.53 Å². The van der Waals surface area contributed by atoms with Gasteiger partial charge in [-0.05, 0) is 6.07 Å². The summed E-state index contributed by atoms with van der Waals surface area (Å²) in [6.07, 6.45) is 1.62. The number of hydrogen-bond donors (Lipinski definition) is 0.